The Labute approximate surface area is 147 Å². The highest BCUT2D eigenvalue weighted by Gasteiger charge is 2.28. The fourth-order valence-corrected chi connectivity index (χ4v) is 3.65. The van der Waals surface area contributed by atoms with Crippen molar-refractivity contribution in [3.63, 3.8) is 0 Å². The van der Waals surface area contributed by atoms with E-state index in [0.717, 1.165) is 43.3 Å². The third-order valence-electron chi connectivity index (χ3n) is 4.01. The molecule has 0 aromatic heterocycles. The third kappa shape index (κ3) is 5.37. The molecule has 1 N–H and O–H groups in total. The van der Waals surface area contributed by atoms with Crippen LogP contribution >= 0.6 is 11.8 Å². The molecule has 0 unspecified atom stereocenters. The fourth-order valence-electron chi connectivity index (χ4n) is 2.80. The van der Waals surface area contributed by atoms with E-state index >= 15 is 0 Å². The molecule has 0 aliphatic carbocycles. The second-order valence-electron chi connectivity index (χ2n) is 6.05. The van der Waals surface area contributed by atoms with Gasteiger partial charge in [0.2, 0.25) is 11.8 Å². The molecular formula is C18H24N2O3S. The summed E-state index contributed by atoms with van der Waals surface area (Å²) in [5.41, 5.74) is 0.991. The van der Waals surface area contributed by atoms with Crippen LogP contribution in [0.5, 0.6) is 0 Å². The minimum Gasteiger partial charge on any atom is -0.344 e. The number of amides is 2. The molecular weight excluding hydrogens is 324 g/mol. The Morgan fingerprint density at radius 2 is 1.79 bits per heavy atom. The van der Waals surface area contributed by atoms with E-state index in [4.69, 9.17) is 0 Å². The normalized spacial score (nSPS) is 16.5. The van der Waals surface area contributed by atoms with Crippen molar-refractivity contribution < 1.29 is 14.4 Å². The van der Waals surface area contributed by atoms with E-state index in [-0.39, 0.29) is 16.9 Å². The highest BCUT2D eigenvalue weighted by Crippen LogP contribution is 2.18. The van der Waals surface area contributed by atoms with Gasteiger partial charge in [-0.05, 0) is 31.7 Å². The molecule has 130 valence electrons. The van der Waals surface area contributed by atoms with Crippen molar-refractivity contribution in [2.75, 3.05) is 13.1 Å². The Morgan fingerprint density at radius 1 is 1.17 bits per heavy atom. The summed E-state index contributed by atoms with van der Waals surface area (Å²) >= 11 is 1.01. The molecule has 1 saturated heterocycles. The minimum atomic E-state index is -0.568. The molecule has 1 aromatic carbocycles. The first kappa shape index (κ1) is 18.5. The number of hydrogen-bond acceptors (Lipinski definition) is 4. The topological polar surface area (TPSA) is 66.5 Å². The predicted molar refractivity (Wildman–Crippen MR) is 95.6 cm³/mol. The largest absolute Gasteiger partial charge is 0.344 e. The van der Waals surface area contributed by atoms with Crippen LogP contribution in [0.25, 0.3) is 0 Å². The molecule has 0 saturated carbocycles. The Balaban J connectivity index is 1.98. The molecule has 1 aromatic rings. The van der Waals surface area contributed by atoms with Gasteiger partial charge in [-0.3, -0.25) is 14.4 Å². The summed E-state index contributed by atoms with van der Waals surface area (Å²) in [6.07, 6.45) is 2.49. The van der Waals surface area contributed by atoms with Crippen molar-refractivity contribution in [3.05, 3.63) is 35.9 Å². The van der Waals surface area contributed by atoms with Gasteiger partial charge in [-0.25, -0.2) is 0 Å². The lowest BCUT2D eigenvalue weighted by Gasteiger charge is -2.23. The lowest BCUT2D eigenvalue weighted by molar-refractivity contribution is -0.134. The van der Waals surface area contributed by atoms with Gasteiger partial charge in [-0.1, -0.05) is 42.1 Å². The number of nitrogens with one attached hydrogen (secondary N) is 1. The Morgan fingerprint density at radius 3 is 2.38 bits per heavy atom. The molecule has 24 heavy (non-hydrogen) atoms. The van der Waals surface area contributed by atoms with Crippen LogP contribution in [0.1, 0.15) is 32.3 Å². The summed E-state index contributed by atoms with van der Waals surface area (Å²) in [5.74, 6) is -0.314. The molecule has 0 bridgehead atoms. The van der Waals surface area contributed by atoms with Crippen LogP contribution in [-0.4, -0.2) is 46.2 Å². The smallest absolute Gasteiger partial charge is 0.244 e. The van der Waals surface area contributed by atoms with Crippen LogP contribution in [0.4, 0.5) is 0 Å². The van der Waals surface area contributed by atoms with Crippen LogP contribution in [0, 0.1) is 0 Å². The molecule has 6 heteroatoms. The number of hydrogen-bond donors (Lipinski definition) is 1. The molecule has 1 fully saturated rings. The SMILES string of the molecule is CC(=O)S[C@@H](Cc1ccccc1)C(=O)N[C@@H](C)C(=O)N1CCCC1. The average molecular weight is 348 g/mol. The maximum absolute atomic E-state index is 12.6. The van der Waals surface area contributed by atoms with Crippen molar-refractivity contribution in [1.29, 1.82) is 0 Å². The van der Waals surface area contributed by atoms with Crippen LogP contribution in [0.2, 0.25) is 0 Å². The van der Waals surface area contributed by atoms with Crippen LogP contribution in [-0.2, 0) is 20.8 Å². The number of carbonyl (C=O) groups excluding carboxylic acids is 3. The molecule has 1 aliphatic rings. The van der Waals surface area contributed by atoms with Crippen molar-refractivity contribution in [1.82, 2.24) is 10.2 Å². The zero-order valence-electron chi connectivity index (χ0n) is 14.2. The van der Waals surface area contributed by atoms with Crippen molar-refractivity contribution >= 4 is 28.7 Å². The summed E-state index contributed by atoms with van der Waals surface area (Å²) in [7, 11) is 0. The second kappa shape index (κ2) is 8.87. The number of benzene rings is 1. The van der Waals surface area contributed by atoms with Crippen molar-refractivity contribution in [2.24, 2.45) is 0 Å². The molecule has 0 radical (unpaired) electrons. The van der Waals surface area contributed by atoms with E-state index < -0.39 is 11.3 Å². The number of nitrogens with zero attached hydrogens (tertiary/aromatic N) is 1. The predicted octanol–water partition coefficient (Wildman–Crippen LogP) is 2.00. The Kier molecular flexibility index (Phi) is 6.85. The number of thioether (sulfide) groups is 1. The first-order chi connectivity index (χ1) is 11.5. The molecule has 5 nitrogen and oxygen atoms in total. The van der Waals surface area contributed by atoms with E-state index in [0.29, 0.717) is 6.42 Å². The lowest BCUT2D eigenvalue weighted by atomic mass is 10.1. The highest BCUT2D eigenvalue weighted by atomic mass is 32.2. The van der Waals surface area contributed by atoms with Crippen molar-refractivity contribution in [3.8, 4) is 0 Å². The summed E-state index contributed by atoms with van der Waals surface area (Å²) in [4.78, 5) is 38.2. The van der Waals surface area contributed by atoms with Crippen LogP contribution in [0.3, 0.4) is 0 Å². The number of carbonyl (C=O) groups is 3. The molecule has 2 amide bonds. The zero-order valence-corrected chi connectivity index (χ0v) is 15.0. The standard InChI is InChI=1S/C18H24N2O3S/c1-13(18(23)20-10-6-7-11-20)19-17(22)16(24-14(2)21)12-15-8-4-3-5-9-15/h3-5,8-9,13,16H,6-7,10-12H2,1-2H3,(H,19,22)/t13-,16-/m0/s1. The van der Waals surface area contributed by atoms with E-state index in [1.165, 1.54) is 6.92 Å². The maximum atomic E-state index is 12.6. The van der Waals surface area contributed by atoms with E-state index in [1.54, 1.807) is 11.8 Å². The van der Waals surface area contributed by atoms with Crippen LogP contribution < -0.4 is 5.32 Å². The summed E-state index contributed by atoms with van der Waals surface area (Å²) in [6, 6.07) is 9.01. The minimum absolute atomic E-state index is 0.0489. The van der Waals surface area contributed by atoms with Gasteiger partial charge in [0.15, 0.2) is 5.12 Å². The Bertz CT molecular complexity index is 585. The van der Waals surface area contributed by atoms with E-state index in [9.17, 15) is 14.4 Å². The first-order valence-corrected chi connectivity index (χ1v) is 9.15. The molecule has 2 rings (SSSR count). The van der Waals surface area contributed by atoms with E-state index in [2.05, 4.69) is 5.32 Å². The highest BCUT2D eigenvalue weighted by molar-refractivity contribution is 8.14. The quantitative estimate of drug-likeness (QED) is 0.854. The van der Waals surface area contributed by atoms with Crippen molar-refractivity contribution in [2.45, 2.75) is 44.4 Å². The lowest BCUT2D eigenvalue weighted by Crippen LogP contribution is -2.48. The number of rotatable bonds is 6. The fraction of sp³-hybridized carbons (Fsp3) is 0.500. The summed E-state index contributed by atoms with van der Waals surface area (Å²) < 4.78 is 0. The number of likely N-dealkylation sites (tertiary alicyclic amines) is 1. The van der Waals surface area contributed by atoms with Gasteiger partial charge in [0, 0.05) is 20.0 Å². The molecule has 0 spiro atoms. The third-order valence-corrected chi connectivity index (χ3v) is 5.01. The van der Waals surface area contributed by atoms with Gasteiger partial charge in [0.1, 0.15) is 6.04 Å². The summed E-state index contributed by atoms with van der Waals surface area (Å²) in [6.45, 7) is 4.68. The molecule has 1 aliphatic heterocycles. The summed E-state index contributed by atoms with van der Waals surface area (Å²) in [5, 5.41) is 2.14. The van der Waals surface area contributed by atoms with Gasteiger partial charge in [0.25, 0.3) is 0 Å². The van der Waals surface area contributed by atoms with Crippen LogP contribution in [0.15, 0.2) is 30.3 Å². The van der Waals surface area contributed by atoms with Gasteiger partial charge in [-0.2, -0.15) is 0 Å². The van der Waals surface area contributed by atoms with Gasteiger partial charge < -0.3 is 10.2 Å². The van der Waals surface area contributed by atoms with E-state index in [1.807, 2.05) is 30.3 Å². The second-order valence-corrected chi connectivity index (χ2v) is 7.43. The maximum Gasteiger partial charge on any atom is 0.244 e. The zero-order chi connectivity index (χ0) is 17.5. The van der Waals surface area contributed by atoms with Gasteiger partial charge in [-0.15, -0.1) is 0 Å². The molecule has 2 atom stereocenters. The monoisotopic (exact) mass is 348 g/mol. The molecule has 1 heterocycles. The Hall–Kier alpha value is -1.82. The average Bonchev–Trinajstić information content (AvgIpc) is 3.08. The first-order valence-electron chi connectivity index (χ1n) is 8.27. The van der Waals surface area contributed by atoms with Gasteiger partial charge in [0.05, 0.1) is 5.25 Å². The van der Waals surface area contributed by atoms with Gasteiger partial charge >= 0.3 is 0 Å².